The number of amides is 2. The first-order valence-corrected chi connectivity index (χ1v) is 9.42. The van der Waals surface area contributed by atoms with Crippen molar-refractivity contribution < 1.29 is 9.59 Å². The second-order valence-electron chi connectivity index (χ2n) is 6.14. The predicted octanol–water partition coefficient (Wildman–Crippen LogP) is 3.03. The van der Waals surface area contributed by atoms with E-state index in [9.17, 15) is 9.59 Å². The number of thiophene rings is 1. The van der Waals surface area contributed by atoms with E-state index in [1.54, 1.807) is 18.3 Å². The number of urea groups is 1. The molecular weight excluding hydrogens is 334 g/mol. The van der Waals surface area contributed by atoms with Crippen LogP contribution in [0, 0.1) is 0 Å². The van der Waals surface area contributed by atoms with Gasteiger partial charge in [0.15, 0.2) is 5.78 Å². The molecule has 1 aromatic heterocycles. The van der Waals surface area contributed by atoms with Gasteiger partial charge in [0.1, 0.15) is 0 Å². The van der Waals surface area contributed by atoms with E-state index in [0.717, 1.165) is 30.8 Å². The smallest absolute Gasteiger partial charge is 0.317 e. The minimum absolute atomic E-state index is 0.0168. The summed E-state index contributed by atoms with van der Waals surface area (Å²) in [6, 6.07) is 11.8. The summed E-state index contributed by atoms with van der Waals surface area (Å²) in [5, 5.41) is 5.06. The van der Waals surface area contributed by atoms with E-state index in [1.807, 2.05) is 35.2 Å². The molecule has 0 unspecified atom stereocenters. The van der Waals surface area contributed by atoms with Gasteiger partial charge in [-0.3, -0.25) is 4.79 Å². The molecular formula is C19H23N3O2S. The number of rotatable bonds is 5. The number of carbonyl (C=O) groups is 2. The Morgan fingerprint density at radius 2 is 1.80 bits per heavy atom. The number of ketones is 1. The molecule has 0 aliphatic carbocycles. The van der Waals surface area contributed by atoms with E-state index in [1.165, 1.54) is 4.88 Å². The second kappa shape index (κ2) is 8.16. The van der Waals surface area contributed by atoms with Crippen molar-refractivity contribution in [2.45, 2.75) is 13.3 Å². The van der Waals surface area contributed by atoms with Crippen molar-refractivity contribution in [3.05, 3.63) is 52.2 Å². The van der Waals surface area contributed by atoms with Crippen molar-refractivity contribution in [2.75, 3.05) is 37.6 Å². The van der Waals surface area contributed by atoms with Crippen molar-refractivity contribution in [1.82, 2.24) is 10.2 Å². The van der Waals surface area contributed by atoms with Crippen LogP contribution in [0.2, 0.25) is 0 Å². The summed E-state index contributed by atoms with van der Waals surface area (Å²) >= 11 is 1.72. The summed E-state index contributed by atoms with van der Waals surface area (Å²) in [6.07, 6.45) is 0.881. The highest BCUT2D eigenvalue weighted by atomic mass is 32.1. The van der Waals surface area contributed by atoms with E-state index < -0.39 is 0 Å². The van der Waals surface area contributed by atoms with Crippen LogP contribution in [0.1, 0.15) is 22.2 Å². The number of piperazine rings is 1. The van der Waals surface area contributed by atoms with Gasteiger partial charge in [0.05, 0.1) is 0 Å². The third kappa shape index (κ3) is 4.60. The maximum Gasteiger partial charge on any atom is 0.317 e. The molecule has 0 radical (unpaired) electrons. The van der Waals surface area contributed by atoms with Crippen molar-refractivity contribution in [2.24, 2.45) is 0 Å². The fourth-order valence-corrected chi connectivity index (χ4v) is 3.64. The van der Waals surface area contributed by atoms with E-state index in [-0.39, 0.29) is 11.8 Å². The molecule has 1 aliphatic heterocycles. The molecule has 0 atom stereocenters. The van der Waals surface area contributed by atoms with Crippen LogP contribution < -0.4 is 10.2 Å². The van der Waals surface area contributed by atoms with Crippen LogP contribution in [0.4, 0.5) is 10.5 Å². The van der Waals surface area contributed by atoms with E-state index >= 15 is 0 Å². The Labute approximate surface area is 152 Å². The standard InChI is InChI=1S/C19H23N3O2S/c1-15(23)16-4-6-17(7-5-16)21-10-12-22(13-11-21)19(24)20-9-8-18-3-2-14-25-18/h2-7,14H,8-13H2,1H3,(H,20,24). The van der Waals surface area contributed by atoms with Crippen LogP contribution in [-0.4, -0.2) is 49.4 Å². The van der Waals surface area contributed by atoms with Crippen LogP contribution >= 0.6 is 11.3 Å². The number of nitrogens with one attached hydrogen (secondary N) is 1. The lowest BCUT2D eigenvalue weighted by Crippen LogP contribution is -2.52. The molecule has 2 aromatic rings. The van der Waals surface area contributed by atoms with E-state index in [0.29, 0.717) is 19.6 Å². The van der Waals surface area contributed by atoms with Crippen molar-refractivity contribution in [1.29, 1.82) is 0 Å². The number of carbonyl (C=O) groups excluding carboxylic acids is 2. The number of anilines is 1. The summed E-state index contributed by atoms with van der Waals surface area (Å²) < 4.78 is 0. The molecule has 1 N–H and O–H groups in total. The van der Waals surface area contributed by atoms with Gasteiger partial charge < -0.3 is 15.1 Å². The molecule has 0 spiro atoms. The van der Waals surface area contributed by atoms with Gasteiger partial charge in [-0.1, -0.05) is 6.07 Å². The highest BCUT2D eigenvalue weighted by Crippen LogP contribution is 2.17. The van der Waals surface area contributed by atoms with Gasteiger partial charge in [0, 0.05) is 48.9 Å². The zero-order valence-electron chi connectivity index (χ0n) is 14.4. The second-order valence-corrected chi connectivity index (χ2v) is 7.17. The Morgan fingerprint density at radius 3 is 2.40 bits per heavy atom. The number of hydrogen-bond donors (Lipinski definition) is 1. The molecule has 25 heavy (non-hydrogen) atoms. The van der Waals surface area contributed by atoms with Gasteiger partial charge in [-0.15, -0.1) is 11.3 Å². The molecule has 1 saturated heterocycles. The lowest BCUT2D eigenvalue weighted by atomic mass is 10.1. The molecule has 2 heterocycles. The lowest BCUT2D eigenvalue weighted by Gasteiger charge is -2.36. The molecule has 0 saturated carbocycles. The van der Waals surface area contributed by atoms with Gasteiger partial charge >= 0.3 is 6.03 Å². The quantitative estimate of drug-likeness (QED) is 0.837. The lowest BCUT2D eigenvalue weighted by molar-refractivity contribution is 0.101. The fourth-order valence-electron chi connectivity index (χ4n) is 2.93. The first kappa shape index (κ1) is 17.5. The Kier molecular flexibility index (Phi) is 5.71. The summed E-state index contributed by atoms with van der Waals surface area (Å²) in [6.45, 7) is 5.27. The van der Waals surface area contributed by atoms with Crippen LogP contribution in [0.3, 0.4) is 0 Å². The minimum Gasteiger partial charge on any atom is -0.368 e. The zero-order chi connectivity index (χ0) is 17.6. The largest absolute Gasteiger partial charge is 0.368 e. The molecule has 1 aliphatic rings. The predicted molar refractivity (Wildman–Crippen MR) is 102 cm³/mol. The Hall–Kier alpha value is -2.34. The van der Waals surface area contributed by atoms with Gasteiger partial charge in [0.2, 0.25) is 0 Å². The van der Waals surface area contributed by atoms with Crippen molar-refractivity contribution in [3.63, 3.8) is 0 Å². The number of Topliss-reactive ketones (excluding diaryl/α,β-unsaturated/α-hetero) is 1. The van der Waals surface area contributed by atoms with Crippen molar-refractivity contribution in [3.8, 4) is 0 Å². The summed E-state index contributed by atoms with van der Waals surface area (Å²) in [7, 11) is 0. The number of benzene rings is 1. The molecule has 1 aromatic carbocycles. The molecule has 0 bridgehead atoms. The van der Waals surface area contributed by atoms with Crippen LogP contribution in [-0.2, 0) is 6.42 Å². The maximum absolute atomic E-state index is 12.3. The summed E-state index contributed by atoms with van der Waals surface area (Å²) in [5.41, 5.74) is 1.83. The minimum atomic E-state index is 0.0168. The number of hydrogen-bond acceptors (Lipinski definition) is 4. The molecule has 1 fully saturated rings. The third-order valence-corrected chi connectivity index (χ3v) is 5.37. The molecule has 3 rings (SSSR count). The van der Waals surface area contributed by atoms with Crippen LogP contribution in [0.5, 0.6) is 0 Å². The van der Waals surface area contributed by atoms with Gasteiger partial charge in [0.25, 0.3) is 0 Å². The SMILES string of the molecule is CC(=O)c1ccc(N2CCN(C(=O)NCCc3cccs3)CC2)cc1. The Bertz CT molecular complexity index is 705. The molecule has 132 valence electrons. The van der Waals surface area contributed by atoms with Gasteiger partial charge in [-0.25, -0.2) is 4.79 Å². The van der Waals surface area contributed by atoms with E-state index in [4.69, 9.17) is 0 Å². The van der Waals surface area contributed by atoms with E-state index in [2.05, 4.69) is 21.7 Å². The average molecular weight is 357 g/mol. The van der Waals surface area contributed by atoms with Crippen molar-refractivity contribution >= 4 is 28.8 Å². The highest BCUT2D eigenvalue weighted by molar-refractivity contribution is 7.09. The average Bonchev–Trinajstić information content (AvgIpc) is 3.15. The Balaban J connectivity index is 1.44. The maximum atomic E-state index is 12.3. The van der Waals surface area contributed by atoms with Gasteiger partial charge in [-0.2, -0.15) is 0 Å². The molecule has 6 heteroatoms. The fraction of sp³-hybridized carbons (Fsp3) is 0.368. The highest BCUT2D eigenvalue weighted by Gasteiger charge is 2.21. The van der Waals surface area contributed by atoms with Crippen LogP contribution in [0.15, 0.2) is 41.8 Å². The molecule has 2 amide bonds. The van der Waals surface area contributed by atoms with Gasteiger partial charge in [-0.05, 0) is 49.1 Å². The zero-order valence-corrected chi connectivity index (χ0v) is 15.2. The first-order valence-electron chi connectivity index (χ1n) is 8.54. The Morgan fingerprint density at radius 1 is 1.08 bits per heavy atom. The first-order chi connectivity index (χ1) is 12.1. The monoisotopic (exact) mass is 357 g/mol. The third-order valence-electron chi connectivity index (χ3n) is 4.43. The van der Waals surface area contributed by atoms with Crippen LogP contribution in [0.25, 0.3) is 0 Å². The summed E-state index contributed by atoms with van der Waals surface area (Å²) in [4.78, 5) is 29.0. The summed E-state index contributed by atoms with van der Waals surface area (Å²) in [5.74, 6) is 0.0792. The normalized spacial score (nSPS) is 14.4. The topological polar surface area (TPSA) is 52.7 Å². The number of nitrogens with zero attached hydrogens (tertiary/aromatic N) is 2. The molecule has 5 nitrogen and oxygen atoms in total.